The van der Waals surface area contributed by atoms with E-state index in [0.717, 1.165) is 4.88 Å². The maximum atomic E-state index is 11.6. The van der Waals surface area contributed by atoms with Crippen LogP contribution in [0.1, 0.15) is 38.6 Å². The fraction of sp³-hybridized carbons (Fsp3) is 0.636. The smallest absolute Gasteiger partial charge is 0.211 e. The molecule has 1 rings (SSSR count). The van der Waals surface area contributed by atoms with Crippen molar-refractivity contribution in [1.82, 2.24) is 4.72 Å². The van der Waals surface area contributed by atoms with Crippen LogP contribution in [0.25, 0.3) is 0 Å². The number of thiophene rings is 1. The molecule has 0 aliphatic rings. The molecular formula is C11H19NO2S2. The molecule has 0 aliphatic heterocycles. The van der Waals surface area contributed by atoms with Crippen LogP contribution in [-0.2, 0) is 10.0 Å². The number of rotatable bonds is 4. The second kappa shape index (κ2) is 4.85. The van der Waals surface area contributed by atoms with Gasteiger partial charge in [-0.2, -0.15) is 0 Å². The second-order valence-electron chi connectivity index (χ2n) is 4.84. The summed E-state index contributed by atoms with van der Waals surface area (Å²) in [6.45, 7) is 7.76. The van der Waals surface area contributed by atoms with Gasteiger partial charge in [0.1, 0.15) is 0 Å². The van der Waals surface area contributed by atoms with Gasteiger partial charge in [0.2, 0.25) is 10.0 Å². The van der Waals surface area contributed by atoms with Gasteiger partial charge in [0.15, 0.2) is 0 Å². The first-order valence-electron chi connectivity index (χ1n) is 5.29. The molecule has 1 atom stereocenters. The lowest BCUT2D eigenvalue weighted by molar-refractivity contribution is 0.308. The molecule has 0 aliphatic carbocycles. The van der Waals surface area contributed by atoms with Crippen LogP contribution in [0.3, 0.4) is 0 Å². The molecule has 0 saturated heterocycles. The van der Waals surface area contributed by atoms with Crippen molar-refractivity contribution in [2.75, 3.05) is 5.75 Å². The van der Waals surface area contributed by atoms with E-state index in [4.69, 9.17) is 0 Å². The quantitative estimate of drug-likeness (QED) is 0.906. The van der Waals surface area contributed by atoms with E-state index in [2.05, 4.69) is 4.72 Å². The van der Waals surface area contributed by atoms with Gasteiger partial charge in [-0.3, -0.25) is 0 Å². The molecule has 0 aromatic carbocycles. The molecule has 16 heavy (non-hydrogen) atoms. The molecule has 0 radical (unpaired) electrons. The summed E-state index contributed by atoms with van der Waals surface area (Å²) in [5, 5.41) is 1.97. The number of nitrogens with one attached hydrogen (secondary N) is 1. The fourth-order valence-electron chi connectivity index (χ4n) is 1.38. The average molecular weight is 261 g/mol. The Kier molecular flexibility index (Phi) is 4.15. The fourth-order valence-corrected chi connectivity index (χ4v) is 3.48. The average Bonchev–Trinajstić information content (AvgIpc) is 2.65. The van der Waals surface area contributed by atoms with Gasteiger partial charge in [0.25, 0.3) is 0 Å². The van der Waals surface area contributed by atoms with Crippen LogP contribution in [0.15, 0.2) is 17.5 Å². The maximum Gasteiger partial charge on any atom is 0.211 e. The Morgan fingerprint density at radius 3 is 2.44 bits per heavy atom. The van der Waals surface area contributed by atoms with E-state index in [9.17, 15) is 8.42 Å². The molecule has 0 amide bonds. The minimum absolute atomic E-state index is 0.116. The zero-order chi connectivity index (χ0) is 12.4. The first kappa shape index (κ1) is 13.7. The van der Waals surface area contributed by atoms with Crippen LogP contribution in [0, 0.1) is 5.41 Å². The topological polar surface area (TPSA) is 46.2 Å². The van der Waals surface area contributed by atoms with Crippen LogP contribution < -0.4 is 4.72 Å². The summed E-state index contributed by atoms with van der Waals surface area (Å²) in [7, 11) is -3.17. The van der Waals surface area contributed by atoms with Crippen LogP contribution in [-0.4, -0.2) is 14.2 Å². The van der Waals surface area contributed by atoms with E-state index in [1.54, 1.807) is 18.3 Å². The van der Waals surface area contributed by atoms with E-state index < -0.39 is 10.0 Å². The van der Waals surface area contributed by atoms with E-state index in [-0.39, 0.29) is 17.2 Å². The van der Waals surface area contributed by atoms with Gasteiger partial charge in [-0.15, -0.1) is 11.3 Å². The summed E-state index contributed by atoms with van der Waals surface area (Å²) in [5.41, 5.74) is -0.132. The highest BCUT2D eigenvalue weighted by Crippen LogP contribution is 2.35. The number of hydrogen-bond donors (Lipinski definition) is 1. The minimum atomic E-state index is -3.17. The predicted octanol–water partition coefficient (Wildman–Crippen LogP) is 2.77. The lowest BCUT2D eigenvalue weighted by atomic mass is 9.86. The zero-order valence-corrected chi connectivity index (χ0v) is 11.8. The van der Waals surface area contributed by atoms with Gasteiger partial charge in [0, 0.05) is 4.88 Å². The molecule has 1 heterocycles. The van der Waals surface area contributed by atoms with Crippen molar-refractivity contribution in [1.29, 1.82) is 0 Å². The highest BCUT2D eigenvalue weighted by Gasteiger charge is 2.30. The molecule has 1 aromatic heterocycles. The molecule has 92 valence electrons. The van der Waals surface area contributed by atoms with Crippen molar-refractivity contribution >= 4 is 21.4 Å². The standard InChI is InChI=1S/C11H19NO2S2/c1-5-16(13,14)12-10(11(2,3)4)9-7-6-8-15-9/h6-8,10,12H,5H2,1-4H3/t10-/m1/s1. The third kappa shape index (κ3) is 3.57. The molecule has 1 N–H and O–H groups in total. The van der Waals surface area contributed by atoms with Crippen molar-refractivity contribution in [3.63, 3.8) is 0 Å². The first-order valence-corrected chi connectivity index (χ1v) is 7.83. The normalized spacial score (nSPS) is 15.0. The van der Waals surface area contributed by atoms with E-state index in [1.807, 2.05) is 38.3 Å². The molecule has 0 spiro atoms. The number of sulfonamides is 1. The lowest BCUT2D eigenvalue weighted by Crippen LogP contribution is -2.36. The Bertz CT molecular complexity index is 415. The molecule has 5 heteroatoms. The zero-order valence-electron chi connectivity index (χ0n) is 10.1. The summed E-state index contributed by atoms with van der Waals surface area (Å²) in [5.74, 6) is 0.116. The summed E-state index contributed by atoms with van der Waals surface area (Å²) >= 11 is 1.58. The van der Waals surface area contributed by atoms with Gasteiger partial charge < -0.3 is 0 Å². The highest BCUT2D eigenvalue weighted by molar-refractivity contribution is 7.89. The van der Waals surface area contributed by atoms with Crippen molar-refractivity contribution in [2.24, 2.45) is 5.41 Å². The van der Waals surface area contributed by atoms with Crippen molar-refractivity contribution in [3.8, 4) is 0 Å². The van der Waals surface area contributed by atoms with Gasteiger partial charge in [0.05, 0.1) is 11.8 Å². The molecule has 0 fully saturated rings. The van der Waals surface area contributed by atoms with Gasteiger partial charge in [-0.05, 0) is 23.8 Å². The van der Waals surface area contributed by atoms with E-state index in [0.29, 0.717) is 0 Å². The van der Waals surface area contributed by atoms with E-state index >= 15 is 0 Å². The molecule has 0 unspecified atom stereocenters. The lowest BCUT2D eigenvalue weighted by Gasteiger charge is -2.30. The number of hydrogen-bond acceptors (Lipinski definition) is 3. The molecular weight excluding hydrogens is 242 g/mol. The molecule has 3 nitrogen and oxygen atoms in total. The Balaban J connectivity index is 3.00. The molecule has 1 aromatic rings. The summed E-state index contributed by atoms with van der Waals surface area (Å²) in [4.78, 5) is 1.06. The summed E-state index contributed by atoms with van der Waals surface area (Å²) in [6.07, 6.45) is 0. The predicted molar refractivity (Wildman–Crippen MR) is 69.1 cm³/mol. The monoisotopic (exact) mass is 261 g/mol. The summed E-state index contributed by atoms with van der Waals surface area (Å²) < 4.78 is 26.1. The van der Waals surface area contributed by atoms with Gasteiger partial charge in [-0.25, -0.2) is 13.1 Å². The van der Waals surface area contributed by atoms with Gasteiger partial charge in [-0.1, -0.05) is 26.8 Å². The minimum Gasteiger partial charge on any atom is -0.212 e. The second-order valence-corrected chi connectivity index (χ2v) is 7.86. The Labute approximate surface area is 102 Å². The van der Waals surface area contributed by atoms with Crippen molar-refractivity contribution < 1.29 is 8.42 Å². The third-order valence-electron chi connectivity index (χ3n) is 2.37. The first-order chi connectivity index (χ1) is 7.26. The highest BCUT2D eigenvalue weighted by atomic mass is 32.2. The van der Waals surface area contributed by atoms with Crippen LogP contribution in [0.2, 0.25) is 0 Å². The largest absolute Gasteiger partial charge is 0.212 e. The van der Waals surface area contributed by atoms with Crippen molar-refractivity contribution in [3.05, 3.63) is 22.4 Å². The Hall–Kier alpha value is -0.390. The van der Waals surface area contributed by atoms with E-state index in [1.165, 1.54) is 0 Å². The maximum absolute atomic E-state index is 11.6. The molecule has 0 bridgehead atoms. The summed E-state index contributed by atoms with van der Waals surface area (Å²) in [6, 6.07) is 3.76. The van der Waals surface area contributed by atoms with Crippen molar-refractivity contribution in [2.45, 2.75) is 33.7 Å². The van der Waals surface area contributed by atoms with Crippen LogP contribution in [0.4, 0.5) is 0 Å². The third-order valence-corrected chi connectivity index (χ3v) is 4.66. The Morgan fingerprint density at radius 2 is 2.06 bits per heavy atom. The SMILES string of the molecule is CCS(=O)(=O)N[C@H](c1cccs1)C(C)(C)C. The van der Waals surface area contributed by atoms with Gasteiger partial charge >= 0.3 is 0 Å². The Morgan fingerprint density at radius 1 is 1.44 bits per heavy atom. The van der Waals surface area contributed by atoms with Crippen LogP contribution >= 0.6 is 11.3 Å². The van der Waals surface area contributed by atoms with Crippen LogP contribution in [0.5, 0.6) is 0 Å². The molecule has 0 saturated carbocycles.